The van der Waals surface area contributed by atoms with Gasteiger partial charge in [-0.2, -0.15) is 0 Å². The largest absolute Gasteiger partial charge is 0.483 e. The molecule has 1 aliphatic carbocycles. The standard InChI is InChI=1S/C10H20.C2H6.CH2O2/c1-9-5-3-7-10(2)8-4-6-9;1-2;2-1-3/h9-10H,3-8H2,1-2H3;1-2H3;1H,(H,2,3). The van der Waals surface area contributed by atoms with Gasteiger partial charge in [0.05, 0.1) is 0 Å². The lowest BCUT2D eigenvalue weighted by molar-refractivity contribution is -0.122. The van der Waals surface area contributed by atoms with Crippen molar-refractivity contribution >= 4 is 6.47 Å². The summed E-state index contributed by atoms with van der Waals surface area (Å²) in [6.45, 7) is 8.55. The summed E-state index contributed by atoms with van der Waals surface area (Å²) in [7, 11) is 0. The van der Waals surface area contributed by atoms with Crippen LogP contribution in [0.25, 0.3) is 0 Å². The van der Waals surface area contributed by atoms with Gasteiger partial charge in [0.25, 0.3) is 6.47 Å². The summed E-state index contributed by atoms with van der Waals surface area (Å²) in [5, 5.41) is 6.89. The zero-order valence-electron chi connectivity index (χ0n) is 10.8. The van der Waals surface area contributed by atoms with Crippen molar-refractivity contribution in [1.82, 2.24) is 0 Å². The molecule has 0 saturated heterocycles. The molecule has 0 heterocycles. The van der Waals surface area contributed by atoms with E-state index in [2.05, 4.69) is 13.8 Å². The Morgan fingerprint density at radius 1 is 0.933 bits per heavy atom. The van der Waals surface area contributed by atoms with E-state index in [1.165, 1.54) is 38.5 Å². The smallest absolute Gasteiger partial charge is 0.290 e. The highest BCUT2D eigenvalue weighted by Gasteiger charge is 2.09. The monoisotopic (exact) mass is 216 g/mol. The first-order valence-electron chi connectivity index (χ1n) is 6.28. The number of carboxylic acid groups (broad SMARTS) is 1. The van der Waals surface area contributed by atoms with Gasteiger partial charge in [-0.05, 0) is 11.8 Å². The molecule has 1 fully saturated rings. The topological polar surface area (TPSA) is 37.3 Å². The van der Waals surface area contributed by atoms with Gasteiger partial charge in [-0.25, -0.2) is 0 Å². The molecule has 0 aliphatic heterocycles. The minimum absolute atomic E-state index is 0.250. The van der Waals surface area contributed by atoms with Crippen LogP contribution in [0.5, 0.6) is 0 Å². The Bertz CT molecular complexity index is 104. The first-order valence-corrected chi connectivity index (χ1v) is 6.28. The highest BCUT2D eigenvalue weighted by Crippen LogP contribution is 2.24. The maximum Gasteiger partial charge on any atom is 0.290 e. The summed E-state index contributed by atoms with van der Waals surface area (Å²) in [4.78, 5) is 8.36. The van der Waals surface area contributed by atoms with E-state index in [0.29, 0.717) is 0 Å². The molecule has 0 aromatic heterocycles. The van der Waals surface area contributed by atoms with Crippen molar-refractivity contribution in [2.75, 3.05) is 0 Å². The fourth-order valence-electron chi connectivity index (χ4n) is 1.92. The Morgan fingerprint density at radius 2 is 1.13 bits per heavy atom. The van der Waals surface area contributed by atoms with Crippen molar-refractivity contribution in [2.45, 2.75) is 66.2 Å². The van der Waals surface area contributed by atoms with Gasteiger partial charge in [0.15, 0.2) is 0 Å². The Morgan fingerprint density at radius 3 is 1.33 bits per heavy atom. The fraction of sp³-hybridized carbons (Fsp3) is 0.923. The lowest BCUT2D eigenvalue weighted by Crippen LogP contribution is -2.04. The third kappa shape index (κ3) is 13.5. The molecule has 2 nitrogen and oxygen atoms in total. The maximum absolute atomic E-state index is 8.36. The first kappa shape index (κ1) is 16.9. The molecule has 1 N–H and O–H groups in total. The minimum atomic E-state index is -0.250. The van der Waals surface area contributed by atoms with Gasteiger partial charge in [0, 0.05) is 0 Å². The van der Waals surface area contributed by atoms with Gasteiger partial charge in [0.1, 0.15) is 0 Å². The summed E-state index contributed by atoms with van der Waals surface area (Å²) in [6, 6.07) is 0. The van der Waals surface area contributed by atoms with E-state index in [0.717, 1.165) is 11.8 Å². The van der Waals surface area contributed by atoms with Gasteiger partial charge in [-0.15, -0.1) is 0 Å². The molecular weight excluding hydrogens is 188 g/mol. The van der Waals surface area contributed by atoms with E-state index >= 15 is 0 Å². The van der Waals surface area contributed by atoms with E-state index in [4.69, 9.17) is 9.90 Å². The summed E-state index contributed by atoms with van der Waals surface area (Å²) < 4.78 is 0. The second-order valence-electron chi connectivity index (χ2n) is 4.18. The molecule has 1 aliphatic rings. The molecule has 0 aromatic carbocycles. The van der Waals surface area contributed by atoms with E-state index in [1.807, 2.05) is 13.8 Å². The van der Waals surface area contributed by atoms with Gasteiger partial charge >= 0.3 is 0 Å². The van der Waals surface area contributed by atoms with Crippen LogP contribution in [0.1, 0.15) is 66.2 Å². The van der Waals surface area contributed by atoms with Crippen LogP contribution in [0.4, 0.5) is 0 Å². The van der Waals surface area contributed by atoms with Crippen molar-refractivity contribution in [1.29, 1.82) is 0 Å². The van der Waals surface area contributed by atoms with Gasteiger partial charge in [0.2, 0.25) is 0 Å². The van der Waals surface area contributed by atoms with Gasteiger partial charge < -0.3 is 5.11 Å². The zero-order chi connectivity index (χ0) is 12.1. The van der Waals surface area contributed by atoms with E-state index in [1.54, 1.807) is 0 Å². The Kier molecular flexibility index (Phi) is 15.2. The third-order valence-electron chi connectivity index (χ3n) is 2.79. The average molecular weight is 216 g/mol. The molecule has 0 spiro atoms. The predicted octanol–water partition coefficient (Wildman–Crippen LogP) is 4.34. The van der Waals surface area contributed by atoms with Crippen LogP contribution in [0.3, 0.4) is 0 Å². The first-order chi connectivity index (χ1) is 7.20. The van der Waals surface area contributed by atoms with Crippen LogP contribution in [0, 0.1) is 11.8 Å². The van der Waals surface area contributed by atoms with E-state index < -0.39 is 0 Å². The second-order valence-corrected chi connectivity index (χ2v) is 4.18. The Balaban J connectivity index is 0. The molecule has 1 rings (SSSR count). The van der Waals surface area contributed by atoms with Crippen LogP contribution < -0.4 is 0 Å². The number of hydrogen-bond acceptors (Lipinski definition) is 1. The highest BCUT2D eigenvalue weighted by molar-refractivity contribution is 5.32. The predicted molar refractivity (Wildman–Crippen MR) is 66.1 cm³/mol. The van der Waals surface area contributed by atoms with Crippen molar-refractivity contribution in [3.05, 3.63) is 0 Å². The molecule has 0 radical (unpaired) electrons. The molecule has 0 bridgehead atoms. The summed E-state index contributed by atoms with van der Waals surface area (Å²) in [6.07, 6.45) is 8.86. The van der Waals surface area contributed by atoms with Crippen molar-refractivity contribution in [3.63, 3.8) is 0 Å². The van der Waals surface area contributed by atoms with Crippen LogP contribution in [-0.4, -0.2) is 11.6 Å². The number of carbonyl (C=O) groups is 1. The highest BCUT2D eigenvalue weighted by atomic mass is 16.3. The quantitative estimate of drug-likeness (QED) is 0.612. The van der Waals surface area contributed by atoms with E-state index in [9.17, 15) is 0 Å². The maximum atomic E-state index is 8.36. The van der Waals surface area contributed by atoms with Crippen LogP contribution in [0.15, 0.2) is 0 Å². The number of rotatable bonds is 0. The Labute approximate surface area is 95.1 Å². The molecule has 0 unspecified atom stereocenters. The fourth-order valence-corrected chi connectivity index (χ4v) is 1.92. The zero-order valence-corrected chi connectivity index (χ0v) is 10.8. The summed E-state index contributed by atoms with van der Waals surface area (Å²) in [5.41, 5.74) is 0. The molecule has 0 atom stereocenters. The van der Waals surface area contributed by atoms with E-state index in [-0.39, 0.29) is 6.47 Å². The van der Waals surface area contributed by atoms with Gasteiger partial charge in [-0.3, -0.25) is 4.79 Å². The van der Waals surface area contributed by atoms with Gasteiger partial charge in [-0.1, -0.05) is 66.2 Å². The normalized spacial score (nSPS) is 25.6. The number of hydrogen-bond donors (Lipinski definition) is 1. The van der Waals surface area contributed by atoms with Crippen molar-refractivity contribution < 1.29 is 9.90 Å². The average Bonchev–Trinajstić information content (AvgIpc) is 2.19. The lowest BCUT2D eigenvalue weighted by atomic mass is 9.88. The summed E-state index contributed by atoms with van der Waals surface area (Å²) in [5.74, 6) is 2.01. The van der Waals surface area contributed by atoms with Crippen LogP contribution >= 0.6 is 0 Å². The third-order valence-corrected chi connectivity index (χ3v) is 2.79. The minimum Gasteiger partial charge on any atom is -0.483 e. The van der Waals surface area contributed by atoms with Crippen molar-refractivity contribution in [2.24, 2.45) is 11.8 Å². The molecule has 1 saturated carbocycles. The molecule has 2 heteroatoms. The molecule has 92 valence electrons. The summed E-state index contributed by atoms with van der Waals surface area (Å²) >= 11 is 0. The van der Waals surface area contributed by atoms with Crippen LogP contribution in [-0.2, 0) is 4.79 Å². The SMILES string of the molecule is CC.CC1CCCC(C)CCC1.O=CO. The molecule has 0 aromatic rings. The Hall–Kier alpha value is -0.530. The second kappa shape index (κ2) is 13.5. The molecule has 15 heavy (non-hydrogen) atoms. The van der Waals surface area contributed by atoms with Crippen LogP contribution in [0.2, 0.25) is 0 Å². The van der Waals surface area contributed by atoms with Crippen molar-refractivity contribution in [3.8, 4) is 0 Å². The molecule has 0 amide bonds. The molecular formula is C13H28O2. The lowest BCUT2D eigenvalue weighted by Gasteiger charge is -2.18.